The normalized spacial score (nSPS) is 18.1. The Morgan fingerprint density at radius 3 is 3.11 bits per heavy atom. The van der Waals surface area contributed by atoms with E-state index in [4.69, 9.17) is 4.74 Å². The summed E-state index contributed by atoms with van der Waals surface area (Å²) in [5, 5.41) is 2.95. The fraction of sp³-hybridized carbons (Fsp3) is 0.400. The molecule has 0 aliphatic heterocycles. The molecule has 0 aromatic carbocycles. The number of pyridine rings is 1. The van der Waals surface area contributed by atoms with Crippen LogP contribution >= 0.6 is 0 Å². The highest BCUT2D eigenvalue weighted by atomic mass is 16.5. The largest absolute Gasteiger partial charge is 0.497 e. The number of fused-ring (bicyclic) bond motifs is 3. The molecule has 2 aromatic heterocycles. The molecule has 1 amide bonds. The van der Waals surface area contributed by atoms with Crippen LogP contribution in [0.1, 0.15) is 35.7 Å². The average molecular weight is 258 g/mol. The van der Waals surface area contributed by atoms with Gasteiger partial charge in [-0.2, -0.15) is 0 Å². The molecule has 19 heavy (non-hydrogen) atoms. The minimum atomic E-state index is 0.146. The van der Waals surface area contributed by atoms with E-state index >= 15 is 0 Å². The first-order valence-electron chi connectivity index (χ1n) is 6.63. The number of rotatable bonds is 3. The number of methoxy groups -OCH3 is 1. The molecular formula is C15H18N2O2. The van der Waals surface area contributed by atoms with E-state index < -0.39 is 0 Å². The van der Waals surface area contributed by atoms with E-state index in [9.17, 15) is 4.79 Å². The van der Waals surface area contributed by atoms with Gasteiger partial charge in [0.2, 0.25) is 6.41 Å². The molecule has 0 fully saturated rings. The molecule has 2 heterocycles. The van der Waals surface area contributed by atoms with Crippen LogP contribution in [0.3, 0.4) is 0 Å². The Morgan fingerprint density at radius 1 is 1.53 bits per heavy atom. The summed E-state index contributed by atoms with van der Waals surface area (Å²) in [7, 11) is 1.68. The lowest BCUT2D eigenvalue weighted by atomic mass is 9.90. The van der Waals surface area contributed by atoms with Gasteiger partial charge in [0, 0.05) is 18.0 Å². The van der Waals surface area contributed by atoms with Gasteiger partial charge in [0.1, 0.15) is 5.75 Å². The van der Waals surface area contributed by atoms with E-state index in [0.717, 1.165) is 31.4 Å². The first kappa shape index (κ1) is 12.1. The third-order valence-corrected chi connectivity index (χ3v) is 4.08. The average Bonchev–Trinajstić information content (AvgIpc) is 2.73. The SMILES string of the molecule is COc1ccn2c3c(c(C)c2c1)C(NC=O)CCC3. The summed E-state index contributed by atoms with van der Waals surface area (Å²) >= 11 is 0. The van der Waals surface area contributed by atoms with Crippen LogP contribution in [0.5, 0.6) is 5.75 Å². The predicted octanol–water partition coefficient (Wildman–Crippen LogP) is 2.38. The minimum Gasteiger partial charge on any atom is -0.497 e. The second-order valence-corrected chi connectivity index (χ2v) is 5.04. The van der Waals surface area contributed by atoms with E-state index in [1.54, 1.807) is 7.11 Å². The van der Waals surface area contributed by atoms with Gasteiger partial charge in [0.25, 0.3) is 0 Å². The van der Waals surface area contributed by atoms with Crippen LogP contribution in [0.25, 0.3) is 5.52 Å². The second kappa shape index (κ2) is 4.61. The molecular weight excluding hydrogens is 240 g/mol. The number of hydrogen-bond donors (Lipinski definition) is 1. The molecule has 3 rings (SSSR count). The van der Waals surface area contributed by atoms with Crippen LogP contribution in [0.15, 0.2) is 18.3 Å². The molecule has 4 nitrogen and oxygen atoms in total. The highest BCUT2D eigenvalue weighted by Crippen LogP contribution is 2.36. The fourth-order valence-electron chi connectivity index (χ4n) is 3.20. The third kappa shape index (κ3) is 1.79. The van der Waals surface area contributed by atoms with E-state index in [-0.39, 0.29) is 6.04 Å². The molecule has 0 bridgehead atoms. The Kier molecular flexibility index (Phi) is 2.93. The van der Waals surface area contributed by atoms with Crippen LogP contribution in [-0.2, 0) is 11.2 Å². The van der Waals surface area contributed by atoms with Gasteiger partial charge >= 0.3 is 0 Å². The molecule has 1 atom stereocenters. The number of ether oxygens (including phenoxy) is 1. The predicted molar refractivity (Wildman–Crippen MR) is 73.6 cm³/mol. The molecule has 0 radical (unpaired) electrons. The van der Waals surface area contributed by atoms with Crippen molar-refractivity contribution in [3.63, 3.8) is 0 Å². The number of aryl methyl sites for hydroxylation is 2. The highest BCUT2D eigenvalue weighted by molar-refractivity contribution is 5.65. The highest BCUT2D eigenvalue weighted by Gasteiger charge is 2.26. The zero-order chi connectivity index (χ0) is 13.4. The summed E-state index contributed by atoms with van der Waals surface area (Å²) in [5.41, 5.74) is 5.02. The molecule has 100 valence electrons. The van der Waals surface area contributed by atoms with Crippen molar-refractivity contribution in [2.24, 2.45) is 0 Å². The van der Waals surface area contributed by atoms with Gasteiger partial charge in [-0.25, -0.2) is 0 Å². The Labute approximate surface area is 112 Å². The van der Waals surface area contributed by atoms with Crippen molar-refractivity contribution in [2.75, 3.05) is 7.11 Å². The third-order valence-electron chi connectivity index (χ3n) is 4.08. The number of carbonyl (C=O) groups excluding carboxylic acids is 1. The number of nitrogens with zero attached hydrogens (tertiary/aromatic N) is 1. The summed E-state index contributed by atoms with van der Waals surface area (Å²) in [5.74, 6) is 0.866. The van der Waals surface area contributed by atoms with Crippen molar-refractivity contribution in [2.45, 2.75) is 32.2 Å². The van der Waals surface area contributed by atoms with E-state index in [1.165, 1.54) is 22.3 Å². The van der Waals surface area contributed by atoms with Crippen LogP contribution in [0.2, 0.25) is 0 Å². The van der Waals surface area contributed by atoms with Gasteiger partial charge in [0.15, 0.2) is 0 Å². The number of hydrogen-bond acceptors (Lipinski definition) is 2. The van der Waals surface area contributed by atoms with Gasteiger partial charge in [-0.1, -0.05) is 0 Å². The van der Waals surface area contributed by atoms with Crippen molar-refractivity contribution in [1.29, 1.82) is 0 Å². The summed E-state index contributed by atoms with van der Waals surface area (Å²) in [4.78, 5) is 10.8. The molecule has 1 N–H and O–H groups in total. The van der Waals surface area contributed by atoms with Crippen molar-refractivity contribution in [1.82, 2.24) is 9.72 Å². The summed E-state index contributed by atoms with van der Waals surface area (Å²) in [6, 6.07) is 4.18. The van der Waals surface area contributed by atoms with E-state index in [2.05, 4.69) is 28.9 Å². The Bertz CT molecular complexity index is 631. The smallest absolute Gasteiger partial charge is 0.207 e. The van der Waals surface area contributed by atoms with Gasteiger partial charge in [0.05, 0.1) is 18.7 Å². The van der Waals surface area contributed by atoms with Crippen LogP contribution in [0.4, 0.5) is 0 Å². The zero-order valence-electron chi connectivity index (χ0n) is 11.3. The minimum absolute atomic E-state index is 0.146. The maximum atomic E-state index is 10.8. The number of amides is 1. The molecule has 1 unspecified atom stereocenters. The zero-order valence-corrected chi connectivity index (χ0v) is 11.3. The maximum absolute atomic E-state index is 10.8. The molecule has 0 spiro atoms. The molecule has 1 aliphatic carbocycles. The number of aromatic nitrogens is 1. The first-order valence-corrected chi connectivity index (χ1v) is 6.63. The molecule has 0 saturated heterocycles. The van der Waals surface area contributed by atoms with Crippen LogP contribution in [-0.4, -0.2) is 17.9 Å². The Hall–Kier alpha value is -1.97. The quantitative estimate of drug-likeness (QED) is 0.859. The van der Waals surface area contributed by atoms with Gasteiger partial charge < -0.3 is 14.5 Å². The maximum Gasteiger partial charge on any atom is 0.207 e. The van der Waals surface area contributed by atoms with Crippen molar-refractivity contribution in [3.8, 4) is 5.75 Å². The first-order chi connectivity index (χ1) is 9.26. The molecule has 2 aromatic rings. The van der Waals surface area contributed by atoms with E-state index in [1.807, 2.05) is 6.07 Å². The summed E-state index contributed by atoms with van der Waals surface area (Å²) in [6.45, 7) is 2.12. The lowest BCUT2D eigenvalue weighted by molar-refractivity contribution is -0.110. The Balaban J connectivity index is 2.22. The number of carbonyl (C=O) groups is 1. The lowest BCUT2D eigenvalue weighted by Crippen LogP contribution is -2.24. The second-order valence-electron chi connectivity index (χ2n) is 5.04. The van der Waals surface area contributed by atoms with Crippen LogP contribution < -0.4 is 10.1 Å². The molecule has 4 heteroatoms. The number of nitrogens with one attached hydrogen (secondary N) is 1. The van der Waals surface area contributed by atoms with Crippen molar-refractivity contribution < 1.29 is 9.53 Å². The fourth-order valence-corrected chi connectivity index (χ4v) is 3.20. The standard InChI is InChI=1S/C15H18N2O2/c1-10-14-8-11(19-2)6-7-17(14)13-5-3-4-12(15(10)13)16-9-18/h6-9,12H,3-5H2,1-2H3,(H,16,18). The molecule has 1 aliphatic rings. The lowest BCUT2D eigenvalue weighted by Gasteiger charge is -2.23. The van der Waals surface area contributed by atoms with Crippen molar-refractivity contribution >= 4 is 11.9 Å². The van der Waals surface area contributed by atoms with Gasteiger partial charge in [-0.15, -0.1) is 0 Å². The summed E-state index contributed by atoms with van der Waals surface area (Å²) < 4.78 is 7.53. The van der Waals surface area contributed by atoms with E-state index in [0.29, 0.717) is 0 Å². The van der Waals surface area contributed by atoms with Gasteiger partial charge in [-0.05, 0) is 43.4 Å². The topological polar surface area (TPSA) is 42.7 Å². The monoisotopic (exact) mass is 258 g/mol. The van der Waals surface area contributed by atoms with Gasteiger partial charge in [-0.3, -0.25) is 4.79 Å². The van der Waals surface area contributed by atoms with Crippen molar-refractivity contribution in [3.05, 3.63) is 35.2 Å². The summed E-state index contributed by atoms with van der Waals surface area (Å²) in [6.07, 6.45) is 6.05. The van der Waals surface area contributed by atoms with Crippen LogP contribution in [0, 0.1) is 6.92 Å². The Morgan fingerprint density at radius 2 is 2.37 bits per heavy atom. The molecule has 0 saturated carbocycles.